The van der Waals surface area contributed by atoms with Gasteiger partial charge in [0.05, 0.1) is 6.61 Å². The molecule has 1 aliphatic heterocycles. The summed E-state index contributed by atoms with van der Waals surface area (Å²) >= 11 is 0. The van der Waals surface area contributed by atoms with Crippen LogP contribution in [0.2, 0.25) is 0 Å². The first kappa shape index (κ1) is 11.1. The number of aromatic nitrogens is 1. The van der Waals surface area contributed by atoms with E-state index in [1.807, 2.05) is 24.5 Å². The van der Waals surface area contributed by atoms with Crippen LogP contribution in [-0.4, -0.2) is 11.6 Å². The largest absolute Gasteiger partial charge is 0.493 e. The van der Waals surface area contributed by atoms with Gasteiger partial charge in [0.25, 0.3) is 0 Å². The van der Waals surface area contributed by atoms with Gasteiger partial charge in [-0.15, -0.1) is 0 Å². The molecule has 0 saturated carbocycles. The highest BCUT2D eigenvalue weighted by Crippen LogP contribution is 2.28. The molecule has 2 aromatic rings. The summed E-state index contributed by atoms with van der Waals surface area (Å²) in [4.78, 5) is 4.16. The lowest BCUT2D eigenvalue weighted by atomic mass is 10.1. The van der Waals surface area contributed by atoms with E-state index in [-0.39, 0.29) is 0 Å². The van der Waals surface area contributed by atoms with Gasteiger partial charge in [0.1, 0.15) is 5.75 Å². The van der Waals surface area contributed by atoms with Gasteiger partial charge < -0.3 is 10.1 Å². The van der Waals surface area contributed by atoms with E-state index in [0.717, 1.165) is 31.0 Å². The number of anilines is 1. The molecule has 0 unspecified atom stereocenters. The molecule has 3 heteroatoms. The second-order valence-corrected chi connectivity index (χ2v) is 4.58. The number of nitrogens with one attached hydrogen (secondary N) is 1. The van der Waals surface area contributed by atoms with Crippen molar-refractivity contribution in [3.8, 4) is 5.75 Å². The molecule has 0 fully saturated rings. The van der Waals surface area contributed by atoms with Gasteiger partial charge in [0.15, 0.2) is 0 Å². The van der Waals surface area contributed by atoms with Crippen LogP contribution in [0, 0.1) is 6.92 Å². The SMILES string of the molecule is Cc1ccncc1CNc1ccc2c(c1)CCO2. The number of nitrogens with zero attached hydrogens (tertiary/aromatic N) is 1. The molecular weight excluding hydrogens is 224 g/mol. The topological polar surface area (TPSA) is 34.2 Å². The van der Waals surface area contributed by atoms with Crippen molar-refractivity contribution in [2.75, 3.05) is 11.9 Å². The summed E-state index contributed by atoms with van der Waals surface area (Å²) in [6.07, 6.45) is 4.75. The molecule has 3 rings (SSSR count). The van der Waals surface area contributed by atoms with Gasteiger partial charge in [-0.05, 0) is 47.9 Å². The van der Waals surface area contributed by atoms with Gasteiger partial charge in [-0.3, -0.25) is 4.98 Å². The van der Waals surface area contributed by atoms with E-state index >= 15 is 0 Å². The Labute approximate surface area is 107 Å². The summed E-state index contributed by atoms with van der Waals surface area (Å²) in [6, 6.07) is 8.32. The van der Waals surface area contributed by atoms with E-state index in [4.69, 9.17) is 4.74 Å². The molecule has 0 saturated heterocycles. The van der Waals surface area contributed by atoms with Crippen LogP contribution in [0.4, 0.5) is 5.69 Å². The average molecular weight is 240 g/mol. The number of ether oxygens (including phenoxy) is 1. The van der Waals surface area contributed by atoms with E-state index < -0.39 is 0 Å². The summed E-state index contributed by atoms with van der Waals surface area (Å²) in [7, 11) is 0. The first-order valence-electron chi connectivity index (χ1n) is 6.22. The number of benzene rings is 1. The lowest BCUT2D eigenvalue weighted by molar-refractivity contribution is 0.357. The van der Waals surface area contributed by atoms with Crippen molar-refractivity contribution in [2.24, 2.45) is 0 Å². The molecule has 0 amide bonds. The molecular formula is C15H16N2O. The molecule has 0 spiro atoms. The standard InChI is InChI=1S/C15H16N2O/c1-11-4-6-16-9-13(11)10-17-14-2-3-15-12(8-14)5-7-18-15/h2-4,6,8-9,17H,5,7,10H2,1H3. The van der Waals surface area contributed by atoms with Crippen LogP contribution in [0.15, 0.2) is 36.7 Å². The fourth-order valence-corrected chi connectivity index (χ4v) is 2.18. The van der Waals surface area contributed by atoms with Gasteiger partial charge in [-0.25, -0.2) is 0 Å². The fourth-order valence-electron chi connectivity index (χ4n) is 2.18. The van der Waals surface area contributed by atoms with Crippen molar-refractivity contribution < 1.29 is 4.74 Å². The maximum Gasteiger partial charge on any atom is 0.122 e. The fraction of sp³-hybridized carbons (Fsp3) is 0.267. The summed E-state index contributed by atoms with van der Waals surface area (Å²) in [5.41, 5.74) is 4.93. The van der Waals surface area contributed by atoms with Crippen LogP contribution in [-0.2, 0) is 13.0 Å². The number of rotatable bonds is 3. The summed E-state index contributed by atoms with van der Waals surface area (Å²) in [6.45, 7) is 3.72. The molecule has 1 aliphatic rings. The Morgan fingerprint density at radius 2 is 2.28 bits per heavy atom. The van der Waals surface area contributed by atoms with Crippen LogP contribution < -0.4 is 10.1 Å². The predicted octanol–water partition coefficient (Wildman–Crippen LogP) is 2.94. The minimum absolute atomic E-state index is 0.805. The Bertz CT molecular complexity index is 566. The minimum Gasteiger partial charge on any atom is -0.493 e. The van der Waals surface area contributed by atoms with E-state index in [9.17, 15) is 0 Å². The molecule has 0 radical (unpaired) electrons. The van der Waals surface area contributed by atoms with Gasteiger partial charge in [-0.2, -0.15) is 0 Å². The van der Waals surface area contributed by atoms with E-state index in [1.165, 1.54) is 16.7 Å². The third kappa shape index (κ3) is 2.16. The Hall–Kier alpha value is -2.03. The Balaban J connectivity index is 1.72. The normalized spacial score (nSPS) is 12.9. The number of hydrogen-bond acceptors (Lipinski definition) is 3. The molecule has 0 atom stereocenters. The van der Waals surface area contributed by atoms with Crippen LogP contribution >= 0.6 is 0 Å². The van der Waals surface area contributed by atoms with Gasteiger partial charge >= 0.3 is 0 Å². The van der Waals surface area contributed by atoms with Crippen molar-refractivity contribution in [3.05, 3.63) is 53.3 Å². The molecule has 18 heavy (non-hydrogen) atoms. The molecule has 0 aliphatic carbocycles. The zero-order valence-corrected chi connectivity index (χ0v) is 10.4. The molecule has 3 nitrogen and oxygen atoms in total. The quantitative estimate of drug-likeness (QED) is 0.895. The van der Waals surface area contributed by atoms with Crippen molar-refractivity contribution in [3.63, 3.8) is 0 Å². The highest BCUT2D eigenvalue weighted by molar-refractivity contribution is 5.52. The number of fused-ring (bicyclic) bond motifs is 1. The zero-order chi connectivity index (χ0) is 12.4. The summed E-state index contributed by atoms with van der Waals surface area (Å²) in [5, 5.41) is 3.44. The van der Waals surface area contributed by atoms with Crippen LogP contribution in [0.1, 0.15) is 16.7 Å². The second-order valence-electron chi connectivity index (χ2n) is 4.58. The molecule has 2 heterocycles. The van der Waals surface area contributed by atoms with Crippen LogP contribution in [0.25, 0.3) is 0 Å². The van der Waals surface area contributed by atoms with Crippen molar-refractivity contribution in [2.45, 2.75) is 19.9 Å². The van der Waals surface area contributed by atoms with Gasteiger partial charge in [0, 0.05) is 31.0 Å². The van der Waals surface area contributed by atoms with Crippen molar-refractivity contribution in [1.82, 2.24) is 4.98 Å². The molecule has 1 aromatic carbocycles. The Morgan fingerprint density at radius 3 is 3.17 bits per heavy atom. The lowest BCUT2D eigenvalue weighted by Gasteiger charge is -2.09. The summed E-state index contributed by atoms with van der Waals surface area (Å²) in [5.74, 6) is 1.03. The predicted molar refractivity (Wildman–Crippen MR) is 71.9 cm³/mol. The molecule has 1 aromatic heterocycles. The first-order chi connectivity index (χ1) is 8.83. The van der Waals surface area contributed by atoms with Crippen LogP contribution in [0.3, 0.4) is 0 Å². The van der Waals surface area contributed by atoms with Crippen molar-refractivity contribution >= 4 is 5.69 Å². The highest BCUT2D eigenvalue weighted by atomic mass is 16.5. The van der Waals surface area contributed by atoms with E-state index in [0.29, 0.717) is 0 Å². The third-order valence-electron chi connectivity index (χ3n) is 3.32. The summed E-state index contributed by atoms with van der Waals surface area (Å²) < 4.78 is 5.50. The minimum atomic E-state index is 0.805. The van der Waals surface area contributed by atoms with Crippen LogP contribution in [0.5, 0.6) is 5.75 Å². The van der Waals surface area contributed by atoms with Gasteiger partial charge in [-0.1, -0.05) is 0 Å². The molecule has 92 valence electrons. The smallest absolute Gasteiger partial charge is 0.122 e. The average Bonchev–Trinajstić information content (AvgIpc) is 2.85. The second kappa shape index (κ2) is 4.69. The molecule has 1 N–H and O–H groups in total. The van der Waals surface area contributed by atoms with Crippen molar-refractivity contribution in [1.29, 1.82) is 0 Å². The number of hydrogen-bond donors (Lipinski definition) is 1. The maximum absolute atomic E-state index is 5.50. The molecule has 0 bridgehead atoms. The van der Waals surface area contributed by atoms with E-state index in [1.54, 1.807) is 0 Å². The number of aryl methyl sites for hydroxylation is 1. The van der Waals surface area contributed by atoms with Gasteiger partial charge in [0.2, 0.25) is 0 Å². The Kier molecular flexibility index (Phi) is 2.89. The van der Waals surface area contributed by atoms with E-state index in [2.05, 4.69) is 29.4 Å². The Morgan fingerprint density at radius 1 is 1.33 bits per heavy atom. The first-order valence-corrected chi connectivity index (χ1v) is 6.22. The zero-order valence-electron chi connectivity index (χ0n) is 10.4. The number of pyridine rings is 1. The highest BCUT2D eigenvalue weighted by Gasteiger charge is 2.11. The maximum atomic E-state index is 5.50. The lowest BCUT2D eigenvalue weighted by Crippen LogP contribution is -2.01. The third-order valence-corrected chi connectivity index (χ3v) is 3.32. The monoisotopic (exact) mass is 240 g/mol.